The van der Waals surface area contributed by atoms with E-state index in [1.54, 1.807) is 0 Å². The minimum atomic E-state index is 0.348. The van der Waals surface area contributed by atoms with Crippen molar-refractivity contribution in [2.24, 2.45) is 0 Å². The van der Waals surface area contributed by atoms with Gasteiger partial charge in [-0.2, -0.15) is 0 Å². The molecular formula is C17H33N3O. The topological polar surface area (TPSA) is 30.0 Å². The third-order valence-electron chi connectivity index (χ3n) is 5.81. The molecule has 0 aromatic carbocycles. The minimum Gasteiger partial charge on any atom is -0.395 e. The molecule has 0 aromatic heterocycles. The van der Waals surface area contributed by atoms with Crippen LogP contribution in [0.25, 0.3) is 0 Å². The maximum Gasteiger partial charge on any atom is 0.0586 e. The molecule has 0 spiro atoms. The number of hydrogen-bond acceptors (Lipinski definition) is 4. The van der Waals surface area contributed by atoms with Crippen molar-refractivity contribution < 1.29 is 5.11 Å². The van der Waals surface area contributed by atoms with E-state index in [4.69, 9.17) is 0 Å². The van der Waals surface area contributed by atoms with Crippen LogP contribution >= 0.6 is 0 Å². The van der Waals surface area contributed by atoms with Gasteiger partial charge in [0.15, 0.2) is 0 Å². The normalized spacial score (nSPS) is 33.0. The molecule has 4 nitrogen and oxygen atoms in total. The monoisotopic (exact) mass is 295 g/mol. The lowest BCUT2D eigenvalue weighted by molar-refractivity contribution is 0.113. The summed E-state index contributed by atoms with van der Waals surface area (Å²) in [6, 6.07) is 1.18. The zero-order chi connectivity index (χ0) is 14.5. The maximum absolute atomic E-state index is 9.49. The van der Waals surface area contributed by atoms with E-state index in [2.05, 4.69) is 14.7 Å². The molecule has 0 amide bonds. The van der Waals surface area contributed by atoms with Gasteiger partial charge in [0.25, 0.3) is 0 Å². The van der Waals surface area contributed by atoms with Gasteiger partial charge in [-0.3, -0.25) is 9.80 Å². The summed E-state index contributed by atoms with van der Waals surface area (Å²) < 4.78 is 0. The van der Waals surface area contributed by atoms with Crippen molar-refractivity contribution in [3.05, 3.63) is 0 Å². The first-order valence-corrected chi connectivity index (χ1v) is 9.18. The van der Waals surface area contributed by atoms with E-state index in [0.29, 0.717) is 12.6 Å². The van der Waals surface area contributed by atoms with E-state index < -0.39 is 0 Å². The number of aliphatic hydroxyl groups excluding tert-OH is 1. The minimum absolute atomic E-state index is 0.348. The molecular weight excluding hydrogens is 262 g/mol. The predicted molar refractivity (Wildman–Crippen MR) is 86.6 cm³/mol. The molecule has 2 atom stereocenters. The van der Waals surface area contributed by atoms with Crippen LogP contribution in [-0.4, -0.2) is 84.3 Å². The first kappa shape index (κ1) is 15.7. The molecule has 3 aliphatic rings. The summed E-state index contributed by atoms with van der Waals surface area (Å²) in [6.07, 6.45) is 9.41. The van der Waals surface area contributed by atoms with Crippen molar-refractivity contribution in [2.75, 3.05) is 52.4 Å². The van der Waals surface area contributed by atoms with Crippen LogP contribution in [-0.2, 0) is 0 Å². The van der Waals surface area contributed by atoms with Gasteiger partial charge in [0.05, 0.1) is 6.61 Å². The van der Waals surface area contributed by atoms with Gasteiger partial charge >= 0.3 is 0 Å². The largest absolute Gasteiger partial charge is 0.395 e. The Hall–Kier alpha value is -0.160. The molecule has 3 aliphatic heterocycles. The fraction of sp³-hybridized carbons (Fsp3) is 1.00. The van der Waals surface area contributed by atoms with Crippen molar-refractivity contribution in [3.63, 3.8) is 0 Å². The molecule has 3 saturated heterocycles. The lowest BCUT2D eigenvalue weighted by Gasteiger charge is -2.33. The fourth-order valence-electron chi connectivity index (χ4n) is 4.46. The highest BCUT2D eigenvalue weighted by atomic mass is 16.3. The van der Waals surface area contributed by atoms with Crippen LogP contribution in [0.4, 0.5) is 0 Å². The Labute approximate surface area is 130 Å². The molecule has 3 fully saturated rings. The second kappa shape index (κ2) is 7.91. The lowest BCUT2D eigenvalue weighted by Crippen LogP contribution is -2.46. The van der Waals surface area contributed by atoms with Gasteiger partial charge in [-0.15, -0.1) is 0 Å². The SMILES string of the molecule is OCC1CCCN1CC1CCCN1CCN1CCCCC1. The van der Waals surface area contributed by atoms with Crippen LogP contribution in [0, 0.1) is 0 Å². The van der Waals surface area contributed by atoms with Crippen molar-refractivity contribution in [1.29, 1.82) is 0 Å². The number of likely N-dealkylation sites (tertiary alicyclic amines) is 3. The Bertz CT molecular complexity index is 306. The second-order valence-electron chi connectivity index (χ2n) is 7.21. The number of nitrogens with zero attached hydrogens (tertiary/aromatic N) is 3. The Morgan fingerprint density at radius 2 is 1.43 bits per heavy atom. The van der Waals surface area contributed by atoms with E-state index in [0.717, 1.165) is 6.04 Å². The number of aliphatic hydroxyl groups is 1. The highest BCUT2D eigenvalue weighted by molar-refractivity contribution is 4.87. The summed E-state index contributed by atoms with van der Waals surface area (Å²) in [5.41, 5.74) is 0. The van der Waals surface area contributed by atoms with Crippen molar-refractivity contribution >= 4 is 0 Å². The van der Waals surface area contributed by atoms with Crippen LogP contribution in [0.15, 0.2) is 0 Å². The van der Waals surface area contributed by atoms with Gasteiger partial charge in [0.1, 0.15) is 0 Å². The molecule has 21 heavy (non-hydrogen) atoms. The summed E-state index contributed by atoms with van der Waals surface area (Å²) in [5.74, 6) is 0. The van der Waals surface area contributed by atoms with Crippen LogP contribution < -0.4 is 0 Å². The second-order valence-corrected chi connectivity index (χ2v) is 7.21. The molecule has 0 saturated carbocycles. The first-order chi connectivity index (χ1) is 10.4. The van der Waals surface area contributed by atoms with Crippen LogP contribution in [0.3, 0.4) is 0 Å². The molecule has 0 aliphatic carbocycles. The predicted octanol–water partition coefficient (Wildman–Crippen LogP) is 1.39. The Balaban J connectivity index is 1.44. The number of hydrogen-bond donors (Lipinski definition) is 1. The van der Waals surface area contributed by atoms with E-state index in [1.807, 2.05) is 0 Å². The molecule has 4 heteroatoms. The third kappa shape index (κ3) is 4.19. The maximum atomic E-state index is 9.49. The molecule has 3 heterocycles. The van der Waals surface area contributed by atoms with Crippen LogP contribution in [0.5, 0.6) is 0 Å². The molecule has 2 unspecified atom stereocenters. The molecule has 0 aromatic rings. The van der Waals surface area contributed by atoms with E-state index in [-0.39, 0.29) is 0 Å². The summed E-state index contributed by atoms with van der Waals surface area (Å²) in [5, 5.41) is 9.49. The summed E-state index contributed by atoms with van der Waals surface area (Å²) in [6.45, 7) is 9.17. The average molecular weight is 295 g/mol. The van der Waals surface area contributed by atoms with Gasteiger partial charge in [0, 0.05) is 31.7 Å². The molecule has 1 N–H and O–H groups in total. The summed E-state index contributed by atoms with van der Waals surface area (Å²) >= 11 is 0. The fourth-order valence-corrected chi connectivity index (χ4v) is 4.46. The highest BCUT2D eigenvalue weighted by Gasteiger charge is 2.31. The summed E-state index contributed by atoms with van der Waals surface area (Å²) in [4.78, 5) is 7.93. The van der Waals surface area contributed by atoms with Gasteiger partial charge in [0.2, 0.25) is 0 Å². The highest BCUT2D eigenvalue weighted by Crippen LogP contribution is 2.23. The zero-order valence-corrected chi connectivity index (χ0v) is 13.6. The van der Waals surface area contributed by atoms with Gasteiger partial charge in [-0.1, -0.05) is 6.42 Å². The molecule has 0 radical (unpaired) electrons. The van der Waals surface area contributed by atoms with Gasteiger partial charge < -0.3 is 10.0 Å². The smallest absolute Gasteiger partial charge is 0.0586 e. The number of piperidine rings is 1. The zero-order valence-electron chi connectivity index (χ0n) is 13.6. The summed E-state index contributed by atoms with van der Waals surface area (Å²) in [7, 11) is 0. The quantitative estimate of drug-likeness (QED) is 0.802. The van der Waals surface area contributed by atoms with Crippen LogP contribution in [0.2, 0.25) is 0 Å². The van der Waals surface area contributed by atoms with Crippen molar-refractivity contribution in [2.45, 2.75) is 57.0 Å². The van der Waals surface area contributed by atoms with Gasteiger partial charge in [-0.05, 0) is 64.7 Å². The first-order valence-electron chi connectivity index (χ1n) is 9.18. The lowest BCUT2D eigenvalue weighted by atomic mass is 10.1. The van der Waals surface area contributed by atoms with E-state index in [1.165, 1.54) is 90.8 Å². The Morgan fingerprint density at radius 3 is 2.19 bits per heavy atom. The van der Waals surface area contributed by atoms with Crippen molar-refractivity contribution in [1.82, 2.24) is 14.7 Å². The van der Waals surface area contributed by atoms with E-state index >= 15 is 0 Å². The third-order valence-corrected chi connectivity index (χ3v) is 5.81. The van der Waals surface area contributed by atoms with Gasteiger partial charge in [-0.25, -0.2) is 0 Å². The van der Waals surface area contributed by atoms with E-state index in [9.17, 15) is 5.11 Å². The Kier molecular flexibility index (Phi) is 5.92. The van der Waals surface area contributed by atoms with Crippen LogP contribution in [0.1, 0.15) is 44.9 Å². The van der Waals surface area contributed by atoms with Crippen molar-refractivity contribution in [3.8, 4) is 0 Å². The standard InChI is InChI=1S/C17H33N3O/c21-15-17-7-5-11-20(17)14-16-6-4-10-19(16)13-12-18-8-2-1-3-9-18/h16-17,21H,1-15H2. The molecule has 3 rings (SSSR count). The molecule has 122 valence electrons. The number of rotatable bonds is 6. The Morgan fingerprint density at radius 1 is 0.714 bits per heavy atom. The average Bonchev–Trinajstić information content (AvgIpc) is 3.16. The molecule has 0 bridgehead atoms.